The van der Waals surface area contributed by atoms with Crippen molar-refractivity contribution in [3.05, 3.63) is 14.7 Å². The van der Waals surface area contributed by atoms with Gasteiger partial charge in [0.25, 0.3) is 0 Å². The predicted octanol–water partition coefficient (Wildman–Crippen LogP) is 2.88. The Hall–Kier alpha value is 0.570. The number of sulfonamides is 1. The molecule has 0 aromatic carbocycles. The van der Waals surface area contributed by atoms with Crippen LogP contribution in [0.15, 0.2) is 14.7 Å². The van der Waals surface area contributed by atoms with Gasteiger partial charge in [-0.1, -0.05) is 22.9 Å². The second kappa shape index (κ2) is 5.27. The van der Waals surface area contributed by atoms with Crippen LogP contribution in [-0.2, 0) is 10.0 Å². The number of aryl methyl sites for hydroxylation is 1. The van der Waals surface area contributed by atoms with E-state index < -0.39 is 10.0 Å². The molecule has 1 N–H and O–H groups in total. The molecule has 1 heterocycles. The van der Waals surface area contributed by atoms with Gasteiger partial charge in [0.15, 0.2) is 0 Å². The molecule has 0 saturated heterocycles. The van der Waals surface area contributed by atoms with Gasteiger partial charge in [0.05, 0.1) is 8.68 Å². The van der Waals surface area contributed by atoms with E-state index in [2.05, 4.69) is 36.6 Å². The summed E-state index contributed by atoms with van der Waals surface area (Å²) < 4.78 is 27.0. The lowest BCUT2D eigenvalue weighted by atomic mass is 10.5. The summed E-state index contributed by atoms with van der Waals surface area (Å²) in [5, 5.41) is 0. The maximum absolute atomic E-state index is 11.8. The Kier molecular flexibility index (Phi) is 4.79. The third kappa shape index (κ3) is 3.81. The lowest BCUT2D eigenvalue weighted by Gasteiger charge is -2.07. The molecule has 0 fully saturated rings. The first-order valence-corrected chi connectivity index (χ1v) is 8.23. The van der Waals surface area contributed by atoms with Crippen LogP contribution in [-0.4, -0.2) is 19.8 Å². The molecule has 0 aliphatic rings. The van der Waals surface area contributed by atoms with Crippen LogP contribution in [0.25, 0.3) is 0 Å². The van der Waals surface area contributed by atoms with E-state index in [0.717, 1.165) is 8.66 Å². The standard InChI is InChI=1S/C8H11Br2NO2S2/c1-5(9)4-11-15(12,13)7-3-8(10)14-6(7)2/h3,5,11H,4H2,1-2H3. The van der Waals surface area contributed by atoms with Crippen LogP contribution in [0, 0.1) is 6.92 Å². The Balaban J connectivity index is 2.91. The van der Waals surface area contributed by atoms with Crippen molar-refractivity contribution in [3.8, 4) is 0 Å². The molecule has 0 aliphatic heterocycles. The van der Waals surface area contributed by atoms with E-state index in [4.69, 9.17) is 0 Å². The molecule has 3 nitrogen and oxygen atoms in total. The van der Waals surface area contributed by atoms with E-state index in [0.29, 0.717) is 11.4 Å². The zero-order chi connectivity index (χ0) is 11.6. The van der Waals surface area contributed by atoms with Crippen molar-refractivity contribution in [2.45, 2.75) is 23.6 Å². The van der Waals surface area contributed by atoms with E-state index in [1.54, 1.807) is 13.0 Å². The number of nitrogens with one attached hydrogen (secondary N) is 1. The Labute approximate surface area is 111 Å². The number of halogens is 2. The van der Waals surface area contributed by atoms with Gasteiger partial charge < -0.3 is 0 Å². The van der Waals surface area contributed by atoms with Crippen molar-refractivity contribution in [2.24, 2.45) is 0 Å². The topological polar surface area (TPSA) is 46.2 Å². The SMILES string of the molecule is Cc1sc(Br)cc1S(=O)(=O)NCC(C)Br. The fourth-order valence-electron chi connectivity index (χ4n) is 1.000. The van der Waals surface area contributed by atoms with Crippen molar-refractivity contribution in [1.29, 1.82) is 0 Å². The molecule has 0 aliphatic carbocycles. The summed E-state index contributed by atoms with van der Waals surface area (Å²) >= 11 is 7.98. The lowest BCUT2D eigenvalue weighted by Crippen LogP contribution is -2.28. The van der Waals surface area contributed by atoms with Crippen LogP contribution in [0.3, 0.4) is 0 Å². The van der Waals surface area contributed by atoms with Gasteiger partial charge in [-0.15, -0.1) is 11.3 Å². The summed E-state index contributed by atoms with van der Waals surface area (Å²) in [6.07, 6.45) is 0. The molecular formula is C8H11Br2NO2S2. The average molecular weight is 377 g/mol. The van der Waals surface area contributed by atoms with Crippen molar-refractivity contribution < 1.29 is 8.42 Å². The number of alkyl halides is 1. The van der Waals surface area contributed by atoms with Crippen LogP contribution in [0.4, 0.5) is 0 Å². The highest BCUT2D eigenvalue weighted by atomic mass is 79.9. The zero-order valence-electron chi connectivity index (χ0n) is 8.25. The van der Waals surface area contributed by atoms with Gasteiger partial charge >= 0.3 is 0 Å². The number of hydrogen-bond acceptors (Lipinski definition) is 3. The van der Waals surface area contributed by atoms with E-state index >= 15 is 0 Å². The van der Waals surface area contributed by atoms with Gasteiger partial charge in [0, 0.05) is 16.2 Å². The van der Waals surface area contributed by atoms with E-state index in [9.17, 15) is 8.42 Å². The second-order valence-electron chi connectivity index (χ2n) is 3.10. The maximum atomic E-state index is 11.8. The predicted molar refractivity (Wildman–Crippen MR) is 70.3 cm³/mol. The smallest absolute Gasteiger partial charge is 0.210 e. The fraction of sp³-hybridized carbons (Fsp3) is 0.500. The number of thiophene rings is 1. The van der Waals surface area contributed by atoms with Crippen molar-refractivity contribution >= 4 is 53.2 Å². The summed E-state index contributed by atoms with van der Waals surface area (Å²) in [6, 6.07) is 1.63. The van der Waals surface area contributed by atoms with Gasteiger partial charge in [-0.25, -0.2) is 13.1 Å². The first-order valence-electron chi connectivity index (χ1n) is 4.22. The quantitative estimate of drug-likeness (QED) is 0.821. The molecular weight excluding hydrogens is 366 g/mol. The van der Waals surface area contributed by atoms with Crippen LogP contribution >= 0.6 is 43.2 Å². The minimum atomic E-state index is -3.36. The minimum absolute atomic E-state index is 0.120. The first kappa shape index (κ1) is 13.6. The lowest BCUT2D eigenvalue weighted by molar-refractivity contribution is 0.581. The summed E-state index contributed by atoms with van der Waals surface area (Å²) in [7, 11) is -3.36. The number of hydrogen-bond donors (Lipinski definition) is 1. The van der Waals surface area contributed by atoms with Crippen molar-refractivity contribution in [3.63, 3.8) is 0 Å². The Morgan fingerprint density at radius 3 is 2.60 bits per heavy atom. The van der Waals surface area contributed by atoms with E-state index in [-0.39, 0.29) is 4.83 Å². The minimum Gasteiger partial charge on any atom is -0.210 e. The molecule has 0 amide bonds. The van der Waals surface area contributed by atoms with Crippen LogP contribution in [0.1, 0.15) is 11.8 Å². The van der Waals surface area contributed by atoms with E-state index in [1.165, 1.54) is 11.3 Å². The third-order valence-electron chi connectivity index (χ3n) is 1.69. The summed E-state index contributed by atoms with van der Waals surface area (Å²) in [5.41, 5.74) is 0. The van der Waals surface area contributed by atoms with Gasteiger partial charge in [-0.2, -0.15) is 0 Å². The Morgan fingerprint density at radius 2 is 2.20 bits per heavy atom. The monoisotopic (exact) mass is 375 g/mol. The van der Waals surface area contributed by atoms with Crippen LogP contribution < -0.4 is 4.72 Å². The zero-order valence-corrected chi connectivity index (χ0v) is 13.1. The molecule has 1 aromatic rings. The second-order valence-corrected chi connectivity index (χ2v) is 9.04. The molecule has 15 heavy (non-hydrogen) atoms. The molecule has 7 heteroatoms. The molecule has 1 unspecified atom stereocenters. The normalized spacial score (nSPS) is 14.1. The van der Waals surface area contributed by atoms with Gasteiger partial charge in [-0.3, -0.25) is 0 Å². The molecule has 0 radical (unpaired) electrons. The van der Waals surface area contributed by atoms with E-state index in [1.807, 2.05) is 6.92 Å². The molecule has 1 atom stereocenters. The third-order valence-corrected chi connectivity index (χ3v) is 5.24. The molecule has 86 valence electrons. The molecule has 0 spiro atoms. The molecule has 1 aromatic heterocycles. The summed E-state index contributed by atoms with van der Waals surface area (Å²) in [5.74, 6) is 0. The fourth-order valence-corrected chi connectivity index (χ4v) is 4.92. The maximum Gasteiger partial charge on any atom is 0.241 e. The Morgan fingerprint density at radius 1 is 1.60 bits per heavy atom. The number of rotatable bonds is 4. The van der Waals surface area contributed by atoms with Gasteiger partial charge in [-0.05, 0) is 28.9 Å². The van der Waals surface area contributed by atoms with Gasteiger partial charge in [0.2, 0.25) is 10.0 Å². The first-order chi connectivity index (χ1) is 6.83. The highest BCUT2D eigenvalue weighted by Gasteiger charge is 2.19. The van der Waals surface area contributed by atoms with Gasteiger partial charge in [0.1, 0.15) is 0 Å². The van der Waals surface area contributed by atoms with Crippen molar-refractivity contribution in [2.75, 3.05) is 6.54 Å². The highest BCUT2D eigenvalue weighted by Crippen LogP contribution is 2.29. The Bertz CT molecular complexity index is 439. The molecule has 1 rings (SSSR count). The average Bonchev–Trinajstić information content (AvgIpc) is 2.43. The van der Waals surface area contributed by atoms with Crippen LogP contribution in [0.2, 0.25) is 0 Å². The summed E-state index contributed by atoms with van der Waals surface area (Å²) in [6.45, 7) is 4.07. The molecule has 0 bridgehead atoms. The largest absolute Gasteiger partial charge is 0.241 e. The van der Waals surface area contributed by atoms with Crippen molar-refractivity contribution in [1.82, 2.24) is 4.72 Å². The molecule has 0 saturated carbocycles. The highest BCUT2D eigenvalue weighted by molar-refractivity contribution is 9.11. The summed E-state index contributed by atoms with van der Waals surface area (Å²) in [4.78, 5) is 1.26. The van der Waals surface area contributed by atoms with Crippen LogP contribution in [0.5, 0.6) is 0 Å².